The van der Waals surface area contributed by atoms with Crippen LogP contribution in [0.3, 0.4) is 0 Å². The fourth-order valence-electron chi connectivity index (χ4n) is 2.96. The summed E-state index contributed by atoms with van der Waals surface area (Å²) in [5, 5.41) is 0. The van der Waals surface area contributed by atoms with E-state index in [4.69, 9.17) is 5.73 Å². The molecule has 0 aliphatic rings. The molecule has 1 heterocycles. The third-order valence-corrected chi connectivity index (χ3v) is 4.53. The number of hydrogen-bond acceptors (Lipinski definition) is 5. The van der Waals surface area contributed by atoms with Crippen molar-refractivity contribution in [1.82, 2.24) is 9.55 Å². The van der Waals surface area contributed by atoms with Gasteiger partial charge in [-0.1, -0.05) is 26.7 Å². The number of nitrogens with zero attached hydrogens (tertiary/aromatic N) is 2. The van der Waals surface area contributed by atoms with E-state index in [1.54, 1.807) is 0 Å². The van der Waals surface area contributed by atoms with Crippen LogP contribution in [0.5, 0.6) is 5.75 Å². The highest BCUT2D eigenvalue weighted by Crippen LogP contribution is 2.25. The number of nitrogens with two attached hydrogens (primary N) is 1. The maximum absolute atomic E-state index is 13.1. The molecule has 0 spiro atoms. The van der Waals surface area contributed by atoms with Crippen molar-refractivity contribution in [3.63, 3.8) is 0 Å². The smallest absolute Gasteiger partial charge is 0.406 e. The van der Waals surface area contributed by atoms with Crippen LogP contribution in [0.15, 0.2) is 33.9 Å². The standard InChI is InChI=1S/C20H25F3N4O4/c1-3-5-11-26(15-16(24)27(12-6-4-2)19(30)25-17(15)28)18(29)13-7-9-14(10-8-13)31-20(21,22)23/h7-10H,3-6,11-12,24H2,1-2H3,(H,25,28,30). The van der Waals surface area contributed by atoms with Crippen LogP contribution in [0.2, 0.25) is 0 Å². The topological polar surface area (TPSA) is 110 Å². The van der Waals surface area contributed by atoms with Crippen molar-refractivity contribution in [3.8, 4) is 5.75 Å². The SMILES string of the molecule is CCCCN(C(=O)c1ccc(OC(F)(F)F)cc1)c1c(N)n(CCCC)c(=O)[nH]c1=O. The van der Waals surface area contributed by atoms with Gasteiger partial charge in [0.05, 0.1) is 0 Å². The maximum Gasteiger partial charge on any atom is 0.573 e. The van der Waals surface area contributed by atoms with Crippen molar-refractivity contribution in [2.75, 3.05) is 17.2 Å². The Morgan fingerprint density at radius 3 is 2.29 bits per heavy atom. The fraction of sp³-hybridized carbons (Fsp3) is 0.450. The third-order valence-electron chi connectivity index (χ3n) is 4.53. The van der Waals surface area contributed by atoms with Crippen LogP contribution >= 0.6 is 0 Å². The van der Waals surface area contributed by atoms with Gasteiger partial charge in [0.2, 0.25) is 0 Å². The number of unbranched alkanes of at least 4 members (excludes halogenated alkanes) is 2. The van der Waals surface area contributed by atoms with Gasteiger partial charge in [-0.05, 0) is 37.1 Å². The van der Waals surface area contributed by atoms with Crippen molar-refractivity contribution in [1.29, 1.82) is 0 Å². The number of carbonyl (C=O) groups is 1. The molecule has 0 unspecified atom stereocenters. The number of halogens is 3. The van der Waals surface area contributed by atoms with Gasteiger partial charge in [-0.2, -0.15) is 0 Å². The highest BCUT2D eigenvalue weighted by molar-refractivity contribution is 6.07. The number of nitrogen functional groups attached to an aromatic ring is 1. The Morgan fingerprint density at radius 1 is 1.13 bits per heavy atom. The maximum atomic E-state index is 13.1. The summed E-state index contributed by atoms with van der Waals surface area (Å²) < 4.78 is 42.1. The van der Waals surface area contributed by atoms with Crippen LogP contribution < -0.4 is 26.6 Å². The molecule has 2 rings (SSSR count). The number of hydrogen-bond donors (Lipinski definition) is 2. The number of amides is 1. The molecular formula is C20H25F3N4O4. The first-order chi connectivity index (χ1) is 14.6. The number of nitrogens with one attached hydrogen (secondary N) is 1. The van der Waals surface area contributed by atoms with Gasteiger partial charge in [0.15, 0.2) is 5.69 Å². The molecule has 0 saturated carbocycles. The summed E-state index contributed by atoms with van der Waals surface area (Å²) in [6.07, 6.45) is -2.19. The van der Waals surface area contributed by atoms with Gasteiger partial charge in [-0.3, -0.25) is 19.1 Å². The second kappa shape index (κ2) is 10.2. The monoisotopic (exact) mass is 442 g/mol. The fourth-order valence-corrected chi connectivity index (χ4v) is 2.96. The summed E-state index contributed by atoms with van der Waals surface area (Å²) in [6.45, 7) is 4.22. The molecule has 1 aromatic heterocycles. The quantitative estimate of drug-likeness (QED) is 0.619. The van der Waals surface area contributed by atoms with Crippen molar-refractivity contribution < 1.29 is 22.7 Å². The average molecular weight is 442 g/mol. The molecule has 3 N–H and O–H groups in total. The zero-order valence-electron chi connectivity index (χ0n) is 17.3. The van der Waals surface area contributed by atoms with E-state index in [0.717, 1.165) is 23.5 Å². The van der Waals surface area contributed by atoms with E-state index in [-0.39, 0.29) is 30.2 Å². The number of aromatic amines is 1. The largest absolute Gasteiger partial charge is 0.573 e. The number of alkyl halides is 3. The number of H-pyrrole nitrogens is 1. The van der Waals surface area contributed by atoms with E-state index >= 15 is 0 Å². The minimum atomic E-state index is -4.85. The zero-order valence-corrected chi connectivity index (χ0v) is 17.3. The van der Waals surface area contributed by atoms with Crippen LogP contribution in [-0.2, 0) is 6.54 Å². The predicted octanol–water partition coefficient (Wildman–Crippen LogP) is 3.26. The molecule has 2 aromatic rings. The number of anilines is 2. The summed E-state index contributed by atoms with van der Waals surface area (Å²) in [5.41, 5.74) is 4.51. The highest BCUT2D eigenvalue weighted by Gasteiger charge is 2.31. The number of aromatic nitrogens is 2. The number of ether oxygens (including phenoxy) is 1. The van der Waals surface area contributed by atoms with Crippen molar-refractivity contribution in [2.24, 2.45) is 0 Å². The molecule has 0 atom stereocenters. The Hall–Kier alpha value is -3.24. The Kier molecular flexibility index (Phi) is 7.89. The van der Waals surface area contributed by atoms with E-state index < -0.39 is 29.3 Å². The van der Waals surface area contributed by atoms with Gasteiger partial charge in [0.25, 0.3) is 11.5 Å². The second-order valence-corrected chi connectivity index (χ2v) is 6.88. The summed E-state index contributed by atoms with van der Waals surface area (Å²) >= 11 is 0. The van der Waals surface area contributed by atoms with Crippen molar-refractivity contribution in [3.05, 3.63) is 50.7 Å². The summed E-state index contributed by atoms with van der Waals surface area (Å²) in [6, 6.07) is 4.35. The minimum absolute atomic E-state index is 0.0377. The molecular weight excluding hydrogens is 417 g/mol. The normalized spacial score (nSPS) is 11.4. The second-order valence-electron chi connectivity index (χ2n) is 6.88. The van der Waals surface area contributed by atoms with Gasteiger partial charge in [-0.25, -0.2) is 4.79 Å². The Balaban J connectivity index is 2.47. The molecule has 31 heavy (non-hydrogen) atoms. The van der Waals surface area contributed by atoms with E-state index in [1.807, 2.05) is 13.8 Å². The molecule has 0 saturated heterocycles. The molecule has 0 fully saturated rings. The minimum Gasteiger partial charge on any atom is -0.406 e. The molecule has 1 aromatic carbocycles. The van der Waals surface area contributed by atoms with Crippen LogP contribution in [0.4, 0.5) is 24.7 Å². The molecule has 0 aliphatic heterocycles. The summed E-state index contributed by atoms with van der Waals surface area (Å²) in [5.74, 6) is -1.25. The molecule has 0 radical (unpaired) electrons. The Labute approximate surface area is 176 Å². The first-order valence-electron chi connectivity index (χ1n) is 9.89. The number of rotatable bonds is 9. The molecule has 1 amide bonds. The molecule has 0 bridgehead atoms. The lowest BCUT2D eigenvalue weighted by atomic mass is 10.1. The van der Waals surface area contributed by atoms with E-state index in [2.05, 4.69) is 9.72 Å². The lowest BCUT2D eigenvalue weighted by Gasteiger charge is -2.24. The summed E-state index contributed by atoms with van der Waals surface area (Å²) in [7, 11) is 0. The first-order valence-corrected chi connectivity index (χ1v) is 9.89. The van der Waals surface area contributed by atoms with E-state index in [1.165, 1.54) is 16.7 Å². The zero-order chi connectivity index (χ0) is 23.2. The van der Waals surface area contributed by atoms with Crippen LogP contribution in [0.25, 0.3) is 0 Å². The molecule has 170 valence electrons. The van der Waals surface area contributed by atoms with Gasteiger partial charge < -0.3 is 15.4 Å². The number of carbonyl (C=O) groups excluding carboxylic acids is 1. The lowest BCUT2D eigenvalue weighted by Crippen LogP contribution is -2.41. The van der Waals surface area contributed by atoms with Gasteiger partial charge in [0, 0.05) is 18.7 Å². The number of benzene rings is 1. The van der Waals surface area contributed by atoms with Crippen LogP contribution in [0, 0.1) is 0 Å². The molecule has 0 aliphatic carbocycles. The van der Waals surface area contributed by atoms with Gasteiger partial charge >= 0.3 is 12.1 Å². The van der Waals surface area contributed by atoms with E-state index in [0.29, 0.717) is 19.3 Å². The van der Waals surface area contributed by atoms with Crippen molar-refractivity contribution >= 4 is 17.4 Å². The third kappa shape index (κ3) is 6.12. The van der Waals surface area contributed by atoms with Crippen LogP contribution in [-0.4, -0.2) is 28.4 Å². The molecule has 8 nitrogen and oxygen atoms in total. The van der Waals surface area contributed by atoms with Gasteiger partial charge in [0.1, 0.15) is 11.6 Å². The highest BCUT2D eigenvalue weighted by atomic mass is 19.4. The van der Waals surface area contributed by atoms with Gasteiger partial charge in [-0.15, -0.1) is 13.2 Å². The van der Waals surface area contributed by atoms with Crippen molar-refractivity contribution in [2.45, 2.75) is 52.4 Å². The Bertz CT molecular complexity index is 1010. The predicted molar refractivity (Wildman–Crippen MR) is 110 cm³/mol. The Morgan fingerprint density at radius 2 is 1.74 bits per heavy atom. The lowest BCUT2D eigenvalue weighted by molar-refractivity contribution is -0.274. The van der Waals surface area contributed by atoms with Crippen LogP contribution in [0.1, 0.15) is 49.9 Å². The molecule has 11 heteroatoms. The first kappa shape index (κ1) is 24.0. The summed E-state index contributed by atoms with van der Waals surface area (Å²) in [4.78, 5) is 41.2. The average Bonchev–Trinajstić information content (AvgIpc) is 2.69. The van der Waals surface area contributed by atoms with E-state index in [9.17, 15) is 27.6 Å².